The molecule has 0 bridgehead atoms. The van der Waals surface area contributed by atoms with E-state index in [1.54, 1.807) is 7.11 Å². The summed E-state index contributed by atoms with van der Waals surface area (Å²) in [5, 5.41) is 0.538. The Bertz CT molecular complexity index is 457. The van der Waals surface area contributed by atoms with Gasteiger partial charge in [0.1, 0.15) is 5.75 Å². The van der Waals surface area contributed by atoms with Crippen LogP contribution in [0.25, 0.3) is 0 Å². The Morgan fingerprint density at radius 3 is 2.53 bits per heavy atom. The van der Waals surface area contributed by atoms with Gasteiger partial charge in [0.15, 0.2) is 0 Å². The van der Waals surface area contributed by atoms with Gasteiger partial charge in [-0.1, -0.05) is 32.4 Å². The summed E-state index contributed by atoms with van der Waals surface area (Å²) < 4.78 is 5.22. The Labute approximate surface area is 106 Å². The summed E-state index contributed by atoms with van der Waals surface area (Å²) in [6.07, 6.45) is 1.52. The summed E-state index contributed by atoms with van der Waals surface area (Å²) in [7, 11) is 1.55. The minimum absolute atomic E-state index is 0.0183. The van der Waals surface area contributed by atoms with Crippen molar-refractivity contribution in [3.8, 4) is 5.75 Å². The molecule has 0 radical (unpaired) electrons. The fraction of sp³-hybridized carbons (Fsp3) is 0.462. The summed E-state index contributed by atoms with van der Waals surface area (Å²) in [5.41, 5.74) is 1.86. The fourth-order valence-corrected chi connectivity index (χ4v) is 1.86. The lowest BCUT2D eigenvalue weighted by atomic mass is 9.86. The third kappa shape index (κ3) is 3.32. The van der Waals surface area contributed by atoms with Crippen LogP contribution in [-0.2, 0) is 16.8 Å². The highest BCUT2D eigenvalue weighted by Gasteiger charge is 2.18. The van der Waals surface area contributed by atoms with Gasteiger partial charge in [0.05, 0.1) is 18.7 Å². The molecule has 0 amide bonds. The SMILES string of the molecule is COc1c(Cl)cc(C(C)(C)C)cc1CN=C=O. The van der Waals surface area contributed by atoms with Crippen LogP contribution in [0, 0.1) is 0 Å². The number of methoxy groups -OCH3 is 1. The van der Waals surface area contributed by atoms with Crippen LogP contribution in [0.3, 0.4) is 0 Å². The zero-order valence-electron chi connectivity index (χ0n) is 10.5. The molecule has 1 rings (SSSR count). The van der Waals surface area contributed by atoms with Gasteiger partial charge < -0.3 is 4.74 Å². The monoisotopic (exact) mass is 253 g/mol. The number of nitrogens with zero attached hydrogens (tertiary/aromatic N) is 1. The molecule has 1 aromatic rings. The molecule has 1 aromatic carbocycles. The maximum absolute atomic E-state index is 10.2. The van der Waals surface area contributed by atoms with Crippen LogP contribution in [0.5, 0.6) is 5.75 Å². The molecule has 0 aliphatic heterocycles. The number of benzene rings is 1. The molecule has 0 heterocycles. The average Bonchev–Trinajstić information content (AvgIpc) is 2.24. The van der Waals surface area contributed by atoms with Gasteiger partial charge in [-0.2, -0.15) is 0 Å². The van der Waals surface area contributed by atoms with E-state index < -0.39 is 0 Å². The van der Waals surface area contributed by atoms with Gasteiger partial charge in [-0.05, 0) is 23.1 Å². The first-order valence-corrected chi connectivity index (χ1v) is 5.68. The lowest BCUT2D eigenvalue weighted by molar-refractivity contribution is 0.409. The Kier molecular flexibility index (Phi) is 4.33. The van der Waals surface area contributed by atoms with Crippen molar-refractivity contribution < 1.29 is 9.53 Å². The van der Waals surface area contributed by atoms with E-state index in [1.165, 1.54) is 6.08 Å². The van der Waals surface area contributed by atoms with E-state index in [9.17, 15) is 4.79 Å². The summed E-state index contributed by atoms with van der Waals surface area (Å²) in [4.78, 5) is 13.7. The zero-order chi connectivity index (χ0) is 13.1. The fourth-order valence-electron chi connectivity index (χ4n) is 1.55. The standard InChI is InChI=1S/C13H16ClNO2/c1-13(2,3)10-5-9(7-15-8-16)12(17-4)11(14)6-10/h5-6H,7H2,1-4H3. The minimum atomic E-state index is -0.0183. The Hall–Kier alpha value is -1.31. The summed E-state index contributed by atoms with van der Waals surface area (Å²) in [6, 6.07) is 3.85. The van der Waals surface area contributed by atoms with E-state index in [0.29, 0.717) is 10.8 Å². The molecule has 3 nitrogen and oxygen atoms in total. The lowest BCUT2D eigenvalue weighted by Crippen LogP contribution is -2.12. The van der Waals surface area contributed by atoms with E-state index in [-0.39, 0.29) is 12.0 Å². The van der Waals surface area contributed by atoms with Crippen LogP contribution in [0.1, 0.15) is 31.9 Å². The average molecular weight is 254 g/mol. The molecule has 0 atom stereocenters. The van der Waals surface area contributed by atoms with Crippen molar-refractivity contribution in [3.05, 3.63) is 28.3 Å². The van der Waals surface area contributed by atoms with Crippen LogP contribution < -0.4 is 4.74 Å². The molecule has 0 aromatic heterocycles. The predicted molar refractivity (Wildman–Crippen MR) is 68.5 cm³/mol. The number of aliphatic imine (C=N–C) groups is 1. The number of ether oxygens (including phenoxy) is 1. The molecule has 0 fully saturated rings. The Morgan fingerprint density at radius 1 is 1.41 bits per heavy atom. The molecule has 0 aliphatic rings. The van der Waals surface area contributed by atoms with E-state index in [1.807, 2.05) is 12.1 Å². The quantitative estimate of drug-likeness (QED) is 0.611. The molecule has 0 saturated carbocycles. The maximum atomic E-state index is 10.2. The van der Waals surface area contributed by atoms with Crippen LogP contribution in [0.2, 0.25) is 5.02 Å². The molecular formula is C13H16ClNO2. The Balaban J connectivity index is 3.33. The van der Waals surface area contributed by atoms with Gasteiger partial charge >= 0.3 is 0 Å². The van der Waals surface area contributed by atoms with E-state index >= 15 is 0 Å². The van der Waals surface area contributed by atoms with Crippen molar-refractivity contribution in [3.63, 3.8) is 0 Å². The molecule has 0 unspecified atom stereocenters. The second-order valence-corrected chi connectivity index (χ2v) is 5.22. The third-order valence-electron chi connectivity index (χ3n) is 2.50. The first-order valence-electron chi connectivity index (χ1n) is 5.30. The topological polar surface area (TPSA) is 38.7 Å². The zero-order valence-corrected chi connectivity index (χ0v) is 11.3. The molecule has 0 spiro atoms. The molecule has 0 aliphatic carbocycles. The van der Waals surface area contributed by atoms with Gasteiger partial charge in [-0.15, -0.1) is 0 Å². The predicted octanol–water partition coefficient (Wildman–Crippen LogP) is 3.48. The number of halogens is 1. The first-order chi connectivity index (χ1) is 7.90. The number of carbonyl (C=O) groups excluding carboxylic acids is 1. The summed E-state index contributed by atoms with van der Waals surface area (Å²) in [5.74, 6) is 0.568. The van der Waals surface area contributed by atoms with Crippen LogP contribution in [0.15, 0.2) is 17.1 Å². The van der Waals surface area contributed by atoms with Crippen molar-refractivity contribution in [2.45, 2.75) is 32.7 Å². The summed E-state index contributed by atoms with van der Waals surface area (Å²) in [6.45, 7) is 6.52. The molecule has 92 valence electrons. The molecule has 4 heteroatoms. The van der Waals surface area contributed by atoms with Crippen molar-refractivity contribution in [2.75, 3.05) is 7.11 Å². The number of hydrogen-bond donors (Lipinski definition) is 0. The van der Waals surface area contributed by atoms with E-state index in [4.69, 9.17) is 16.3 Å². The second-order valence-electron chi connectivity index (χ2n) is 4.81. The summed E-state index contributed by atoms with van der Waals surface area (Å²) >= 11 is 6.15. The van der Waals surface area contributed by atoms with Gasteiger partial charge in [-0.25, -0.2) is 9.79 Å². The number of rotatable bonds is 3. The van der Waals surface area contributed by atoms with Gasteiger partial charge in [-0.3, -0.25) is 0 Å². The van der Waals surface area contributed by atoms with Gasteiger partial charge in [0.2, 0.25) is 6.08 Å². The van der Waals surface area contributed by atoms with Crippen molar-refractivity contribution in [1.82, 2.24) is 0 Å². The highest BCUT2D eigenvalue weighted by atomic mass is 35.5. The van der Waals surface area contributed by atoms with Crippen molar-refractivity contribution in [2.24, 2.45) is 4.99 Å². The molecule has 0 N–H and O–H groups in total. The second kappa shape index (κ2) is 5.35. The molecule has 0 saturated heterocycles. The highest BCUT2D eigenvalue weighted by Crippen LogP contribution is 2.35. The largest absolute Gasteiger partial charge is 0.495 e. The molecule has 17 heavy (non-hydrogen) atoms. The maximum Gasteiger partial charge on any atom is 0.235 e. The minimum Gasteiger partial charge on any atom is -0.495 e. The number of isocyanates is 1. The van der Waals surface area contributed by atoms with Crippen LogP contribution in [-0.4, -0.2) is 13.2 Å². The lowest BCUT2D eigenvalue weighted by Gasteiger charge is -2.21. The third-order valence-corrected chi connectivity index (χ3v) is 2.79. The molecular weight excluding hydrogens is 238 g/mol. The van der Waals surface area contributed by atoms with E-state index in [0.717, 1.165) is 11.1 Å². The van der Waals surface area contributed by atoms with E-state index in [2.05, 4.69) is 25.8 Å². The number of hydrogen-bond acceptors (Lipinski definition) is 3. The van der Waals surface area contributed by atoms with Crippen molar-refractivity contribution >= 4 is 17.7 Å². The first kappa shape index (κ1) is 13.8. The van der Waals surface area contributed by atoms with Crippen LogP contribution >= 0.6 is 11.6 Å². The Morgan fingerprint density at radius 2 is 2.06 bits per heavy atom. The van der Waals surface area contributed by atoms with Crippen LogP contribution in [0.4, 0.5) is 0 Å². The van der Waals surface area contributed by atoms with Gasteiger partial charge in [0.25, 0.3) is 0 Å². The highest BCUT2D eigenvalue weighted by molar-refractivity contribution is 6.32. The van der Waals surface area contributed by atoms with Crippen molar-refractivity contribution in [1.29, 1.82) is 0 Å². The van der Waals surface area contributed by atoms with Gasteiger partial charge in [0, 0.05) is 5.56 Å². The smallest absolute Gasteiger partial charge is 0.235 e. The normalized spacial score (nSPS) is 10.9.